The quantitative estimate of drug-likeness (QED) is 0.528. The van der Waals surface area contributed by atoms with Gasteiger partial charge in [0.2, 0.25) is 0 Å². The van der Waals surface area contributed by atoms with Crippen LogP contribution in [0.25, 0.3) is 0 Å². The van der Waals surface area contributed by atoms with Crippen LogP contribution in [0.1, 0.15) is 26.2 Å². The lowest BCUT2D eigenvalue weighted by Crippen LogP contribution is -2.45. The minimum absolute atomic E-state index is 0.373. The van der Waals surface area contributed by atoms with Gasteiger partial charge >= 0.3 is 5.97 Å². The molecule has 0 amide bonds. The third-order valence-electron chi connectivity index (χ3n) is 3.01. The molecule has 1 fully saturated rings. The second-order valence-corrected chi connectivity index (χ2v) is 4.82. The Labute approximate surface area is 103 Å². The van der Waals surface area contributed by atoms with Crippen LogP contribution in [0.3, 0.4) is 0 Å². The molecule has 1 aliphatic rings. The van der Waals surface area contributed by atoms with E-state index in [0.717, 1.165) is 32.7 Å². The zero-order chi connectivity index (χ0) is 12.7. The maximum Gasteiger partial charge on any atom is 0.325 e. The molecule has 0 aliphatic carbocycles. The van der Waals surface area contributed by atoms with E-state index >= 15 is 0 Å². The molecule has 2 N–H and O–H groups in total. The van der Waals surface area contributed by atoms with E-state index in [9.17, 15) is 4.79 Å². The lowest BCUT2D eigenvalue weighted by Gasteiger charge is -2.21. The average Bonchev–Trinajstić information content (AvgIpc) is 2.80. The molecule has 1 heterocycles. The molecule has 0 spiro atoms. The number of carbonyl (C=O) groups excluding carboxylic acids is 1. The lowest BCUT2D eigenvalue weighted by molar-refractivity contribution is -0.146. The highest BCUT2D eigenvalue weighted by atomic mass is 16.5. The van der Waals surface area contributed by atoms with Crippen molar-refractivity contribution in [2.45, 2.75) is 31.7 Å². The highest BCUT2D eigenvalue weighted by molar-refractivity contribution is 5.79. The third-order valence-corrected chi connectivity index (χ3v) is 3.01. The van der Waals surface area contributed by atoms with Crippen LogP contribution in [-0.2, 0) is 19.0 Å². The van der Waals surface area contributed by atoms with E-state index in [2.05, 4.69) is 4.74 Å². The highest BCUT2D eigenvalue weighted by Gasteiger charge is 2.28. The first-order valence-corrected chi connectivity index (χ1v) is 6.09. The molecule has 2 unspecified atom stereocenters. The van der Waals surface area contributed by atoms with Gasteiger partial charge in [-0.05, 0) is 26.2 Å². The van der Waals surface area contributed by atoms with Crippen molar-refractivity contribution < 1.29 is 19.0 Å². The molecule has 2 atom stereocenters. The van der Waals surface area contributed by atoms with Gasteiger partial charge in [0.05, 0.1) is 20.3 Å². The van der Waals surface area contributed by atoms with Crippen molar-refractivity contribution >= 4 is 5.97 Å². The minimum atomic E-state index is -0.908. The zero-order valence-corrected chi connectivity index (χ0v) is 10.7. The first kappa shape index (κ1) is 14.4. The molecule has 0 bridgehead atoms. The fourth-order valence-corrected chi connectivity index (χ4v) is 1.84. The van der Waals surface area contributed by atoms with Gasteiger partial charge in [-0.2, -0.15) is 0 Å². The number of ether oxygens (including phenoxy) is 3. The maximum atomic E-state index is 11.3. The summed E-state index contributed by atoms with van der Waals surface area (Å²) in [6.45, 7) is 4.69. The summed E-state index contributed by atoms with van der Waals surface area (Å²) in [5.74, 6) is 0.154. The average molecular weight is 245 g/mol. The Kier molecular flexibility index (Phi) is 5.88. The Balaban J connectivity index is 2.04. The van der Waals surface area contributed by atoms with Crippen LogP contribution in [0.2, 0.25) is 0 Å². The molecule has 0 saturated carbocycles. The van der Waals surface area contributed by atoms with Crippen molar-refractivity contribution in [3.63, 3.8) is 0 Å². The number of nitrogens with two attached hydrogens (primary N) is 1. The number of rotatable bonds is 7. The third kappa shape index (κ3) is 5.02. The van der Waals surface area contributed by atoms with Crippen LogP contribution in [0.4, 0.5) is 0 Å². The van der Waals surface area contributed by atoms with E-state index in [1.807, 2.05) is 0 Å². The van der Waals surface area contributed by atoms with E-state index in [0.29, 0.717) is 18.9 Å². The van der Waals surface area contributed by atoms with Crippen molar-refractivity contribution in [3.05, 3.63) is 0 Å². The number of esters is 1. The van der Waals surface area contributed by atoms with Crippen LogP contribution in [0.5, 0.6) is 0 Å². The van der Waals surface area contributed by atoms with Gasteiger partial charge in [-0.1, -0.05) is 0 Å². The van der Waals surface area contributed by atoms with Crippen LogP contribution in [-0.4, -0.2) is 45.0 Å². The van der Waals surface area contributed by atoms with Gasteiger partial charge in [0.25, 0.3) is 0 Å². The number of hydrogen-bond donors (Lipinski definition) is 1. The van der Waals surface area contributed by atoms with E-state index < -0.39 is 5.54 Å². The van der Waals surface area contributed by atoms with E-state index in [1.54, 1.807) is 6.92 Å². The molecule has 5 nitrogen and oxygen atoms in total. The van der Waals surface area contributed by atoms with Gasteiger partial charge < -0.3 is 19.9 Å². The number of methoxy groups -OCH3 is 1. The topological polar surface area (TPSA) is 70.8 Å². The van der Waals surface area contributed by atoms with Crippen molar-refractivity contribution in [3.8, 4) is 0 Å². The Morgan fingerprint density at radius 3 is 2.94 bits per heavy atom. The van der Waals surface area contributed by atoms with Gasteiger partial charge in [0.15, 0.2) is 0 Å². The Morgan fingerprint density at radius 2 is 2.35 bits per heavy atom. The van der Waals surface area contributed by atoms with Crippen LogP contribution in [0, 0.1) is 5.92 Å². The molecule has 0 aromatic heterocycles. The lowest BCUT2D eigenvalue weighted by atomic mass is 9.98. The first-order valence-electron chi connectivity index (χ1n) is 6.09. The summed E-state index contributed by atoms with van der Waals surface area (Å²) in [6, 6.07) is 0. The van der Waals surface area contributed by atoms with Crippen molar-refractivity contribution in [1.82, 2.24) is 0 Å². The van der Waals surface area contributed by atoms with Gasteiger partial charge in [-0.15, -0.1) is 0 Å². The fourth-order valence-electron chi connectivity index (χ4n) is 1.84. The Morgan fingerprint density at radius 1 is 1.59 bits per heavy atom. The predicted molar refractivity (Wildman–Crippen MR) is 63.6 cm³/mol. The summed E-state index contributed by atoms with van der Waals surface area (Å²) >= 11 is 0. The van der Waals surface area contributed by atoms with Gasteiger partial charge in [-0.25, -0.2) is 0 Å². The molecule has 0 aromatic rings. The summed E-state index contributed by atoms with van der Waals surface area (Å²) in [6.07, 6.45) is 2.41. The largest absolute Gasteiger partial charge is 0.468 e. The van der Waals surface area contributed by atoms with E-state index in [4.69, 9.17) is 15.2 Å². The summed E-state index contributed by atoms with van der Waals surface area (Å²) < 4.78 is 15.4. The van der Waals surface area contributed by atoms with Gasteiger partial charge in [-0.3, -0.25) is 4.79 Å². The zero-order valence-electron chi connectivity index (χ0n) is 10.7. The molecule has 1 aliphatic heterocycles. The number of carbonyl (C=O) groups is 1. The second-order valence-electron chi connectivity index (χ2n) is 4.82. The highest BCUT2D eigenvalue weighted by Crippen LogP contribution is 2.14. The molecule has 1 saturated heterocycles. The fraction of sp³-hybridized carbons (Fsp3) is 0.917. The number of hydrogen-bond acceptors (Lipinski definition) is 5. The molecule has 5 heteroatoms. The molecule has 1 rings (SSSR count). The molecular weight excluding hydrogens is 222 g/mol. The van der Waals surface area contributed by atoms with Crippen LogP contribution in [0.15, 0.2) is 0 Å². The summed E-state index contributed by atoms with van der Waals surface area (Å²) in [7, 11) is 1.35. The van der Waals surface area contributed by atoms with E-state index in [-0.39, 0.29) is 5.97 Å². The first-order chi connectivity index (χ1) is 8.06. The SMILES string of the molecule is COC(=O)C(C)(N)CCCOCC1CCOC1. The Hall–Kier alpha value is -0.650. The van der Waals surface area contributed by atoms with Crippen molar-refractivity contribution in [2.24, 2.45) is 11.7 Å². The van der Waals surface area contributed by atoms with Crippen LogP contribution >= 0.6 is 0 Å². The molecule has 0 radical (unpaired) electrons. The van der Waals surface area contributed by atoms with Gasteiger partial charge in [0.1, 0.15) is 5.54 Å². The molecule has 0 aromatic carbocycles. The standard InChI is InChI=1S/C12H23NO4/c1-12(13,11(14)15-2)5-3-6-16-8-10-4-7-17-9-10/h10H,3-9,13H2,1-2H3. The second kappa shape index (κ2) is 6.93. The summed E-state index contributed by atoms with van der Waals surface area (Å²) in [5, 5.41) is 0. The molecular formula is C12H23NO4. The Bertz CT molecular complexity index is 237. The van der Waals surface area contributed by atoms with E-state index in [1.165, 1.54) is 7.11 Å². The van der Waals surface area contributed by atoms with Crippen LogP contribution < -0.4 is 5.73 Å². The van der Waals surface area contributed by atoms with Gasteiger partial charge in [0, 0.05) is 19.1 Å². The van der Waals surface area contributed by atoms with Crippen molar-refractivity contribution in [1.29, 1.82) is 0 Å². The normalized spacial score (nSPS) is 23.4. The molecule has 100 valence electrons. The summed E-state index contributed by atoms with van der Waals surface area (Å²) in [4.78, 5) is 11.3. The van der Waals surface area contributed by atoms with Crippen molar-refractivity contribution in [2.75, 3.05) is 33.5 Å². The molecule has 17 heavy (non-hydrogen) atoms. The monoisotopic (exact) mass is 245 g/mol. The summed E-state index contributed by atoms with van der Waals surface area (Å²) in [5.41, 5.74) is 4.92. The minimum Gasteiger partial charge on any atom is -0.468 e. The predicted octanol–water partition coefficient (Wildman–Crippen LogP) is 0.710. The smallest absolute Gasteiger partial charge is 0.325 e. The maximum absolute atomic E-state index is 11.3.